The predicted octanol–water partition coefficient (Wildman–Crippen LogP) is 4.28. The lowest BCUT2D eigenvalue weighted by Gasteiger charge is -2.15. The van der Waals surface area contributed by atoms with Gasteiger partial charge in [-0.25, -0.2) is 0 Å². The van der Waals surface area contributed by atoms with Crippen LogP contribution in [0.15, 0.2) is 48.8 Å². The second-order valence-electron chi connectivity index (χ2n) is 5.30. The number of nitrogens with zero attached hydrogens (tertiary/aromatic N) is 1. The fraction of sp³-hybridized carbons (Fsp3) is 0.389. The van der Waals surface area contributed by atoms with Crippen molar-refractivity contribution < 1.29 is 0 Å². The fourth-order valence-corrected chi connectivity index (χ4v) is 2.24. The second-order valence-corrected chi connectivity index (χ2v) is 5.30. The van der Waals surface area contributed by atoms with Crippen LogP contribution in [0.3, 0.4) is 0 Å². The molecule has 1 N–H and O–H groups in total. The number of aromatic nitrogens is 1. The van der Waals surface area contributed by atoms with Gasteiger partial charge >= 0.3 is 0 Å². The predicted molar refractivity (Wildman–Crippen MR) is 84.5 cm³/mol. The van der Waals surface area contributed by atoms with Crippen LogP contribution >= 0.6 is 0 Å². The van der Waals surface area contributed by atoms with Gasteiger partial charge in [0.05, 0.1) is 0 Å². The first-order valence-corrected chi connectivity index (χ1v) is 7.50. The summed E-state index contributed by atoms with van der Waals surface area (Å²) in [4.78, 5) is 4.04. The molecule has 0 spiro atoms. The third-order valence-electron chi connectivity index (χ3n) is 3.66. The van der Waals surface area contributed by atoms with Crippen molar-refractivity contribution in [2.24, 2.45) is 0 Å². The summed E-state index contributed by atoms with van der Waals surface area (Å²) in [6, 6.07) is 13.5. The van der Waals surface area contributed by atoms with E-state index in [1.165, 1.54) is 36.0 Å². The standard InChI is InChI=1S/C18H24N2/c1-3-4-5-16-6-8-18(9-7-16)15(2)20-14-17-10-12-19-13-11-17/h6-13,15,20H,3-5,14H2,1-2H3. The Morgan fingerprint density at radius 2 is 1.70 bits per heavy atom. The summed E-state index contributed by atoms with van der Waals surface area (Å²) in [5, 5.41) is 3.55. The van der Waals surface area contributed by atoms with Gasteiger partial charge in [-0.15, -0.1) is 0 Å². The Labute approximate surface area is 122 Å². The summed E-state index contributed by atoms with van der Waals surface area (Å²) in [6.45, 7) is 5.32. The van der Waals surface area contributed by atoms with Crippen molar-refractivity contribution in [1.29, 1.82) is 0 Å². The fourth-order valence-electron chi connectivity index (χ4n) is 2.24. The summed E-state index contributed by atoms with van der Waals surface area (Å²) in [6.07, 6.45) is 7.39. The van der Waals surface area contributed by atoms with Crippen LogP contribution in [-0.2, 0) is 13.0 Å². The minimum atomic E-state index is 0.364. The van der Waals surface area contributed by atoms with Crippen LogP contribution in [0.4, 0.5) is 0 Å². The van der Waals surface area contributed by atoms with Crippen LogP contribution in [0.2, 0.25) is 0 Å². The highest BCUT2D eigenvalue weighted by atomic mass is 14.9. The van der Waals surface area contributed by atoms with E-state index in [2.05, 4.69) is 48.4 Å². The molecule has 0 saturated carbocycles. The van der Waals surface area contributed by atoms with Gasteiger partial charge in [0.15, 0.2) is 0 Å². The van der Waals surface area contributed by atoms with Crippen molar-refractivity contribution >= 4 is 0 Å². The van der Waals surface area contributed by atoms with Crippen LogP contribution in [0.1, 0.15) is 49.4 Å². The molecule has 0 aliphatic heterocycles. The van der Waals surface area contributed by atoms with Gasteiger partial charge in [-0.05, 0) is 48.6 Å². The quantitative estimate of drug-likeness (QED) is 0.811. The van der Waals surface area contributed by atoms with E-state index in [0.717, 1.165) is 6.54 Å². The van der Waals surface area contributed by atoms with E-state index in [1.54, 1.807) is 0 Å². The van der Waals surface area contributed by atoms with Crippen LogP contribution in [0.5, 0.6) is 0 Å². The molecule has 1 unspecified atom stereocenters. The first kappa shape index (κ1) is 14.7. The molecule has 1 aromatic heterocycles. The maximum atomic E-state index is 4.04. The van der Waals surface area contributed by atoms with Crippen molar-refractivity contribution in [2.75, 3.05) is 0 Å². The molecule has 2 rings (SSSR count). The van der Waals surface area contributed by atoms with Gasteiger partial charge in [0.2, 0.25) is 0 Å². The van der Waals surface area contributed by atoms with Crippen LogP contribution in [0.25, 0.3) is 0 Å². The lowest BCUT2D eigenvalue weighted by molar-refractivity contribution is 0.574. The number of nitrogens with one attached hydrogen (secondary N) is 1. The number of pyridine rings is 1. The lowest BCUT2D eigenvalue weighted by atomic mass is 10.0. The van der Waals surface area contributed by atoms with Gasteiger partial charge < -0.3 is 5.32 Å². The lowest BCUT2D eigenvalue weighted by Crippen LogP contribution is -2.18. The Morgan fingerprint density at radius 1 is 1.00 bits per heavy atom. The summed E-state index contributed by atoms with van der Waals surface area (Å²) < 4.78 is 0. The highest BCUT2D eigenvalue weighted by molar-refractivity contribution is 5.25. The monoisotopic (exact) mass is 268 g/mol. The van der Waals surface area contributed by atoms with Crippen molar-refractivity contribution in [3.63, 3.8) is 0 Å². The number of hydrogen-bond acceptors (Lipinski definition) is 2. The average Bonchev–Trinajstić information content (AvgIpc) is 2.52. The molecular formula is C18H24N2. The van der Waals surface area contributed by atoms with Gasteiger partial charge in [-0.1, -0.05) is 37.6 Å². The van der Waals surface area contributed by atoms with Crippen LogP contribution in [0, 0.1) is 0 Å². The Morgan fingerprint density at radius 3 is 2.35 bits per heavy atom. The molecule has 1 atom stereocenters. The van der Waals surface area contributed by atoms with Crippen LogP contribution in [-0.4, -0.2) is 4.98 Å². The minimum Gasteiger partial charge on any atom is -0.306 e. The molecule has 20 heavy (non-hydrogen) atoms. The van der Waals surface area contributed by atoms with Crippen molar-refractivity contribution in [1.82, 2.24) is 10.3 Å². The zero-order valence-electron chi connectivity index (χ0n) is 12.5. The molecule has 0 aliphatic carbocycles. The smallest absolute Gasteiger partial charge is 0.0294 e. The van der Waals surface area contributed by atoms with E-state index in [-0.39, 0.29) is 0 Å². The molecule has 106 valence electrons. The molecule has 0 amide bonds. The van der Waals surface area contributed by atoms with E-state index >= 15 is 0 Å². The molecule has 2 heteroatoms. The van der Waals surface area contributed by atoms with Crippen molar-refractivity contribution in [3.05, 3.63) is 65.5 Å². The second kappa shape index (κ2) is 7.81. The average molecular weight is 268 g/mol. The van der Waals surface area contributed by atoms with Gasteiger partial charge in [-0.3, -0.25) is 4.98 Å². The first-order chi connectivity index (χ1) is 9.79. The molecular weight excluding hydrogens is 244 g/mol. The van der Waals surface area contributed by atoms with E-state index in [0.29, 0.717) is 6.04 Å². The maximum Gasteiger partial charge on any atom is 0.0294 e. The number of aryl methyl sites for hydroxylation is 1. The SMILES string of the molecule is CCCCc1ccc(C(C)NCc2ccncc2)cc1. The molecule has 0 bridgehead atoms. The molecule has 1 heterocycles. The molecule has 2 aromatic rings. The summed E-state index contributed by atoms with van der Waals surface area (Å²) in [7, 11) is 0. The topological polar surface area (TPSA) is 24.9 Å². The zero-order valence-corrected chi connectivity index (χ0v) is 12.5. The Hall–Kier alpha value is -1.67. The summed E-state index contributed by atoms with van der Waals surface area (Å²) in [5.74, 6) is 0. The highest BCUT2D eigenvalue weighted by Crippen LogP contribution is 2.15. The van der Waals surface area contributed by atoms with Crippen molar-refractivity contribution in [2.45, 2.75) is 45.7 Å². The molecule has 2 nitrogen and oxygen atoms in total. The first-order valence-electron chi connectivity index (χ1n) is 7.50. The van der Waals surface area contributed by atoms with Gasteiger partial charge in [0.1, 0.15) is 0 Å². The van der Waals surface area contributed by atoms with E-state index in [1.807, 2.05) is 24.5 Å². The number of rotatable bonds is 7. The normalized spacial score (nSPS) is 12.3. The number of unbranched alkanes of at least 4 members (excludes halogenated alkanes) is 1. The molecule has 0 aliphatic rings. The van der Waals surface area contributed by atoms with Gasteiger partial charge in [0.25, 0.3) is 0 Å². The maximum absolute atomic E-state index is 4.04. The largest absolute Gasteiger partial charge is 0.306 e. The Bertz CT molecular complexity index is 491. The third kappa shape index (κ3) is 4.46. The minimum absolute atomic E-state index is 0.364. The van der Waals surface area contributed by atoms with E-state index in [4.69, 9.17) is 0 Å². The third-order valence-corrected chi connectivity index (χ3v) is 3.66. The summed E-state index contributed by atoms with van der Waals surface area (Å²) in [5.41, 5.74) is 4.06. The zero-order chi connectivity index (χ0) is 14.2. The Kier molecular flexibility index (Phi) is 5.75. The molecule has 0 radical (unpaired) electrons. The van der Waals surface area contributed by atoms with E-state index < -0.39 is 0 Å². The molecule has 0 saturated heterocycles. The number of hydrogen-bond donors (Lipinski definition) is 1. The summed E-state index contributed by atoms with van der Waals surface area (Å²) >= 11 is 0. The van der Waals surface area contributed by atoms with Crippen molar-refractivity contribution in [3.8, 4) is 0 Å². The number of benzene rings is 1. The van der Waals surface area contributed by atoms with Gasteiger partial charge in [0, 0.05) is 25.0 Å². The van der Waals surface area contributed by atoms with E-state index in [9.17, 15) is 0 Å². The Balaban J connectivity index is 1.87. The molecule has 0 fully saturated rings. The van der Waals surface area contributed by atoms with Crippen LogP contribution < -0.4 is 5.32 Å². The highest BCUT2D eigenvalue weighted by Gasteiger charge is 2.04. The van der Waals surface area contributed by atoms with Gasteiger partial charge in [-0.2, -0.15) is 0 Å². The molecule has 1 aromatic carbocycles.